The molecule has 0 amide bonds. The van der Waals surface area contributed by atoms with Gasteiger partial charge in [0.15, 0.2) is 0 Å². The zero-order chi connectivity index (χ0) is 14.4. The van der Waals surface area contributed by atoms with E-state index in [4.69, 9.17) is 5.84 Å². The van der Waals surface area contributed by atoms with E-state index in [0.717, 1.165) is 24.4 Å². The summed E-state index contributed by atoms with van der Waals surface area (Å²) in [4.78, 5) is 5.65. The summed E-state index contributed by atoms with van der Waals surface area (Å²) in [7, 11) is 2.02. The predicted octanol–water partition coefficient (Wildman–Crippen LogP) is 2.67. The first-order chi connectivity index (χ1) is 9.74. The second-order valence-electron chi connectivity index (χ2n) is 4.71. The number of nitrogens with zero attached hydrogens (tertiary/aromatic N) is 2. The Labute approximate surface area is 124 Å². The Hall–Kier alpha value is -1.30. The lowest BCUT2D eigenvalue weighted by Crippen LogP contribution is -2.28. The van der Waals surface area contributed by atoms with E-state index in [0.29, 0.717) is 0 Å². The lowest BCUT2D eigenvalue weighted by Gasteiger charge is -2.16. The molecular weight excluding hydrogens is 268 g/mol. The third-order valence-corrected chi connectivity index (χ3v) is 4.27. The maximum absolute atomic E-state index is 5.70. The van der Waals surface area contributed by atoms with Crippen LogP contribution in [0, 0.1) is 0 Å². The number of aryl methyl sites for hydroxylation is 2. The van der Waals surface area contributed by atoms with E-state index in [-0.39, 0.29) is 6.04 Å². The molecule has 2 aromatic rings. The fraction of sp³-hybridized carbons (Fsp3) is 0.400. The molecule has 5 heteroatoms. The Kier molecular flexibility index (Phi) is 5.64. The first kappa shape index (κ1) is 15.1. The van der Waals surface area contributed by atoms with E-state index < -0.39 is 0 Å². The summed E-state index contributed by atoms with van der Waals surface area (Å²) in [6, 6.07) is 8.79. The highest BCUT2D eigenvalue weighted by Crippen LogP contribution is 2.23. The van der Waals surface area contributed by atoms with Gasteiger partial charge in [0.1, 0.15) is 5.82 Å². The summed E-state index contributed by atoms with van der Waals surface area (Å²) >= 11 is 1.85. The van der Waals surface area contributed by atoms with Crippen molar-refractivity contribution in [2.45, 2.75) is 30.7 Å². The molecule has 0 bridgehead atoms. The highest BCUT2D eigenvalue weighted by atomic mass is 32.2. The Morgan fingerprint density at radius 1 is 1.35 bits per heavy atom. The highest BCUT2D eigenvalue weighted by molar-refractivity contribution is 7.99. The monoisotopic (exact) mass is 290 g/mol. The molecule has 2 rings (SSSR count). The smallest absolute Gasteiger partial charge is 0.108 e. The van der Waals surface area contributed by atoms with Gasteiger partial charge >= 0.3 is 0 Å². The van der Waals surface area contributed by atoms with Crippen LogP contribution >= 0.6 is 11.8 Å². The van der Waals surface area contributed by atoms with Crippen molar-refractivity contribution >= 4 is 11.8 Å². The topological polar surface area (TPSA) is 55.9 Å². The zero-order valence-electron chi connectivity index (χ0n) is 12.0. The molecule has 0 aliphatic rings. The van der Waals surface area contributed by atoms with Crippen molar-refractivity contribution in [2.24, 2.45) is 12.9 Å². The standard InChI is InChI=1S/C15H22N4S/c1-3-20-13-6-4-12(5-7-13)14(18-16)8-9-15-17-10-11-19(15)2/h4-7,10-11,14,18H,3,8-9,16H2,1-2H3. The molecule has 0 aliphatic heterocycles. The Balaban J connectivity index is 1.98. The molecule has 1 unspecified atom stereocenters. The molecule has 4 nitrogen and oxygen atoms in total. The van der Waals surface area contributed by atoms with E-state index in [1.54, 1.807) is 0 Å². The SMILES string of the molecule is CCSc1ccc(C(CCc2nccn2C)NN)cc1. The van der Waals surface area contributed by atoms with E-state index >= 15 is 0 Å². The van der Waals surface area contributed by atoms with Crippen molar-refractivity contribution in [3.05, 3.63) is 48.0 Å². The van der Waals surface area contributed by atoms with Crippen LogP contribution in [0.2, 0.25) is 0 Å². The average Bonchev–Trinajstić information content (AvgIpc) is 2.87. The first-order valence-corrected chi connectivity index (χ1v) is 7.88. The molecule has 0 fully saturated rings. The quantitative estimate of drug-likeness (QED) is 0.468. The highest BCUT2D eigenvalue weighted by Gasteiger charge is 2.11. The van der Waals surface area contributed by atoms with Crippen molar-refractivity contribution in [2.75, 3.05) is 5.75 Å². The fourth-order valence-electron chi connectivity index (χ4n) is 2.22. The van der Waals surface area contributed by atoms with Crippen LogP contribution in [0.4, 0.5) is 0 Å². The van der Waals surface area contributed by atoms with Crippen LogP contribution in [0.3, 0.4) is 0 Å². The number of aromatic nitrogens is 2. The average molecular weight is 290 g/mol. The Bertz CT molecular complexity index is 521. The third kappa shape index (κ3) is 3.85. The number of hydrogen-bond donors (Lipinski definition) is 2. The van der Waals surface area contributed by atoms with Gasteiger partial charge in [0, 0.05) is 36.8 Å². The minimum absolute atomic E-state index is 0.160. The van der Waals surface area contributed by atoms with E-state index in [9.17, 15) is 0 Å². The van der Waals surface area contributed by atoms with Crippen molar-refractivity contribution in [1.29, 1.82) is 0 Å². The van der Waals surface area contributed by atoms with Crippen LogP contribution in [0.15, 0.2) is 41.6 Å². The predicted molar refractivity (Wildman–Crippen MR) is 84.4 cm³/mol. The number of benzene rings is 1. The van der Waals surface area contributed by atoms with Crippen LogP contribution in [-0.2, 0) is 13.5 Å². The Morgan fingerprint density at radius 2 is 2.10 bits per heavy atom. The molecule has 0 aliphatic carbocycles. The molecule has 0 saturated carbocycles. The van der Waals surface area contributed by atoms with E-state index in [2.05, 4.69) is 46.2 Å². The second-order valence-corrected chi connectivity index (χ2v) is 6.05. The maximum Gasteiger partial charge on any atom is 0.108 e. The van der Waals surface area contributed by atoms with Crippen molar-refractivity contribution in [3.8, 4) is 0 Å². The molecule has 20 heavy (non-hydrogen) atoms. The summed E-state index contributed by atoms with van der Waals surface area (Å²) in [6.45, 7) is 2.16. The van der Waals surface area contributed by atoms with Gasteiger partial charge in [-0.15, -0.1) is 11.8 Å². The number of hydrazine groups is 1. The number of nitrogens with two attached hydrogens (primary N) is 1. The molecule has 108 valence electrons. The van der Waals surface area contributed by atoms with Gasteiger partial charge in [-0.25, -0.2) is 4.98 Å². The molecule has 3 N–H and O–H groups in total. The van der Waals surface area contributed by atoms with Gasteiger partial charge < -0.3 is 4.57 Å². The summed E-state index contributed by atoms with van der Waals surface area (Å²) < 4.78 is 2.05. The lowest BCUT2D eigenvalue weighted by molar-refractivity contribution is 0.506. The number of thioether (sulfide) groups is 1. The molecular formula is C15H22N4S. The normalized spacial score (nSPS) is 12.6. The van der Waals surface area contributed by atoms with Gasteiger partial charge in [0.05, 0.1) is 0 Å². The van der Waals surface area contributed by atoms with Crippen molar-refractivity contribution in [1.82, 2.24) is 15.0 Å². The van der Waals surface area contributed by atoms with Gasteiger partial charge in [-0.2, -0.15) is 0 Å². The summed E-state index contributed by atoms with van der Waals surface area (Å²) in [6.07, 6.45) is 5.64. The molecule has 0 radical (unpaired) electrons. The van der Waals surface area contributed by atoms with Gasteiger partial charge in [-0.1, -0.05) is 19.1 Å². The minimum atomic E-state index is 0.160. The number of nitrogens with one attached hydrogen (secondary N) is 1. The van der Waals surface area contributed by atoms with E-state index in [1.165, 1.54) is 10.5 Å². The molecule has 1 aromatic carbocycles. The minimum Gasteiger partial charge on any atom is -0.338 e. The molecule has 1 atom stereocenters. The van der Waals surface area contributed by atoms with Crippen LogP contribution in [-0.4, -0.2) is 15.3 Å². The zero-order valence-corrected chi connectivity index (χ0v) is 12.9. The van der Waals surface area contributed by atoms with Crippen molar-refractivity contribution in [3.63, 3.8) is 0 Å². The largest absolute Gasteiger partial charge is 0.338 e. The molecule has 1 aromatic heterocycles. The first-order valence-electron chi connectivity index (χ1n) is 6.89. The molecule has 0 saturated heterocycles. The van der Waals surface area contributed by atoms with Crippen LogP contribution in [0.1, 0.15) is 30.8 Å². The fourth-order valence-corrected chi connectivity index (χ4v) is 2.88. The third-order valence-electron chi connectivity index (χ3n) is 3.37. The lowest BCUT2D eigenvalue weighted by atomic mass is 10.0. The Morgan fingerprint density at radius 3 is 2.65 bits per heavy atom. The van der Waals surface area contributed by atoms with Crippen LogP contribution < -0.4 is 11.3 Å². The summed E-state index contributed by atoms with van der Waals surface area (Å²) in [5.74, 6) is 7.88. The number of hydrogen-bond acceptors (Lipinski definition) is 4. The van der Waals surface area contributed by atoms with Gasteiger partial charge in [-0.3, -0.25) is 11.3 Å². The maximum atomic E-state index is 5.70. The molecule has 1 heterocycles. The van der Waals surface area contributed by atoms with Crippen LogP contribution in [0.5, 0.6) is 0 Å². The van der Waals surface area contributed by atoms with Gasteiger partial charge in [0.25, 0.3) is 0 Å². The molecule has 0 spiro atoms. The van der Waals surface area contributed by atoms with Gasteiger partial charge in [0.2, 0.25) is 0 Å². The van der Waals surface area contributed by atoms with Gasteiger partial charge in [-0.05, 0) is 29.9 Å². The number of rotatable bonds is 7. The van der Waals surface area contributed by atoms with Crippen LogP contribution in [0.25, 0.3) is 0 Å². The summed E-state index contributed by atoms with van der Waals surface area (Å²) in [5, 5.41) is 0. The van der Waals surface area contributed by atoms with E-state index in [1.807, 2.05) is 31.2 Å². The number of imidazole rings is 1. The second kappa shape index (κ2) is 7.47. The summed E-state index contributed by atoms with van der Waals surface area (Å²) in [5.41, 5.74) is 4.13. The van der Waals surface area contributed by atoms with Crippen molar-refractivity contribution < 1.29 is 0 Å².